The number of likely N-dealkylation sites (N-methyl/N-ethyl adjacent to an activating group) is 1. The van der Waals surface area contributed by atoms with Crippen molar-refractivity contribution in [2.45, 2.75) is 31.7 Å². The molecular formula is C20H20Cl2F3NO3. The molecule has 0 unspecified atom stereocenters. The van der Waals surface area contributed by atoms with E-state index >= 15 is 0 Å². The van der Waals surface area contributed by atoms with Crippen molar-refractivity contribution in [3.63, 3.8) is 0 Å². The Bertz CT molecular complexity index is 844. The average Bonchev–Trinajstić information content (AvgIpc) is 2.67. The zero-order valence-electron chi connectivity index (χ0n) is 15.7. The molecule has 0 saturated carbocycles. The minimum atomic E-state index is -4.98. The lowest BCUT2D eigenvalue weighted by atomic mass is 10.1. The molecule has 0 aliphatic rings. The van der Waals surface area contributed by atoms with Crippen LogP contribution in [0.15, 0.2) is 42.5 Å². The van der Waals surface area contributed by atoms with Gasteiger partial charge in [-0.1, -0.05) is 48.3 Å². The number of carbonyl (C=O) groups excluding carboxylic acids is 1. The van der Waals surface area contributed by atoms with E-state index in [0.717, 1.165) is 12.6 Å². The first kappa shape index (κ1) is 23.3. The normalized spacial score (nSPS) is 13.7. The summed E-state index contributed by atoms with van der Waals surface area (Å²) >= 11 is 12.0. The Morgan fingerprint density at radius 1 is 1.10 bits per heavy atom. The third kappa shape index (κ3) is 6.26. The summed E-state index contributed by atoms with van der Waals surface area (Å²) in [6.45, 7) is 1.46. The van der Waals surface area contributed by atoms with Gasteiger partial charge in [-0.3, -0.25) is 4.79 Å². The summed E-state index contributed by atoms with van der Waals surface area (Å²) in [7, 11) is 0.986. The standard InChI is InChI=1S/C20H20Cl2F3NO3/c1-3-18(13-6-9-15(21)16(22)10-13)29-14-7-4-12(5-8-14)17(27)11-26(2)19(28)20(23,24)25/h4-10,17-18,27H,3,11H2,1-2H3/t17-,18+/m0/s1. The number of ether oxygens (including phenoxy) is 1. The van der Waals surface area contributed by atoms with Crippen LogP contribution in [0.4, 0.5) is 13.2 Å². The van der Waals surface area contributed by atoms with E-state index in [-0.39, 0.29) is 6.10 Å². The van der Waals surface area contributed by atoms with Gasteiger partial charge < -0.3 is 14.7 Å². The number of amides is 1. The van der Waals surface area contributed by atoms with Crippen molar-refractivity contribution in [3.05, 3.63) is 63.6 Å². The highest BCUT2D eigenvalue weighted by molar-refractivity contribution is 6.42. The summed E-state index contributed by atoms with van der Waals surface area (Å²) in [5, 5.41) is 11.0. The van der Waals surface area contributed by atoms with E-state index in [2.05, 4.69) is 0 Å². The molecule has 0 aromatic heterocycles. The summed E-state index contributed by atoms with van der Waals surface area (Å²) in [4.78, 5) is 11.6. The van der Waals surface area contributed by atoms with E-state index in [1.807, 2.05) is 13.0 Å². The van der Waals surface area contributed by atoms with Crippen LogP contribution in [0.25, 0.3) is 0 Å². The summed E-state index contributed by atoms with van der Waals surface area (Å²) in [6, 6.07) is 11.5. The van der Waals surface area contributed by atoms with Gasteiger partial charge in [-0.15, -0.1) is 0 Å². The monoisotopic (exact) mass is 449 g/mol. The van der Waals surface area contributed by atoms with Crippen molar-refractivity contribution in [1.29, 1.82) is 0 Å². The SMILES string of the molecule is CC[C@@H](Oc1ccc([C@@H](O)CN(C)C(=O)C(F)(F)F)cc1)c1ccc(Cl)c(Cl)c1. The quantitative estimate of drug-likeness (QED) is 0.600. The molecule has 0 fully saturated rings. The molecule has 1 N–H and O–H groups in total. The van der Waals surface area contributed by atoms with Crippen LogP contribution in [0.3, 0.4) is 0 Å². The Kier molecular flexibility index (Phi) is 7.80. The number of halogens is 5. The van der Waals surface area contributed by atoms with Crippen molar-refractivity contribution in [3.8, 4) is 5.75 Å². The molecular weight excluding hydrogens is 430 g/mol. The van der Waals surface area contributed by atoms with Crippen molar-refractivity contribution >= 4 is 29.1 Å². The number of aliphatic hydroxyl groups is 1. The highest BCUT2D eigenvalue weighted by atomic mass is 35.5. The first-order chi connectivity index (χ1) is 13.5. The average molecular weight is 450 g/mol. The predicted molar refractivity (Wildman–Crippen MR) is 105 cm³/mol. The number of aliphatic hydroxyl groups excluding tert-OH is 1. The maximum absolute atomic E-state index is 12.4. The molecule has 0 bridgehead atoms. The molecule has 1 amide bonds. The number of hydrogen-bond donors (Lipinski definition) is 1. The molecule has 2 rings (SSSR count). The highest BCUT2D eigenvalue weighted by Gasteiger charge is 2.41. The van der Waals surface area contributed by atoms with Crippen LogP contribution in [0.1, 0.15) is 36.7 Å². The van der Waals surface area contributed by atoms with Gasteiger partial charge in [-0.25, -0.2) is 0 Å². The fourth-order valence-electron chi connectivity index (χ4n) is 2.70. The van der Waals surface area contributed by atoms with E-state index in [4.69, 9.17) is 27.9 Å². The van der Waals surface area contributed by atoms with Crippen LogP contribution in [0.5, 0.6) is 5.75 Å². The van der Waals surface area contributed by atoms with Gasteiger partial charge in [0.2, 0.25) is 0 Å². The second kappa shape index (κ2) is 9.69. The van der Waals surface area contributed by atoms with Crippen LogP contribution in [0.2, 0.25) is 10.0 Å². The van der Waals surface area contributed by atoms with Gasteiger partial charge in [0.05, 0.1) is 22.7 Å². The third-order valence-corrected chi connectivity index (χ3v) is 5.00. The number of carbonyl (C=O) groups is 1. The molecule has 2 aromatic carbocycles. The zero-order chi connectivity index (χ0) is 21.8. The van der Waals surface area contributed by atoms with Crippen LogP contribution < -0.4 is 4.74 Å². The molecule has 0 spiro atoms. The van der Waals surface area contributed by atoms with Crippen LogP contribution in [-0.2, 0) is 4.79 Å². The Balaban J connectivity index is 2.05. The summed E-state index contributed by atoms with van der Waals surface area (Å²) in [6.07, 6.45) is -5.87. The first-order valence-electron chi connectivity index (χ1n) is 8.74. The van der Waals surface area contributed by atoms with Crippen molar-refractivity contribution < 1.29 is 27.8 Å². The molecule has 2 aromatic rings. The van der Waals surface area contributed by atoms with Gasteiger partial charge in [-0.2, -0.15) is 13.2 Å². The Morgan fingerprint density at radius 3 is 2.21 bits per heavy atom. The number of nitrogens with zero attached hydrogens (tertiary/aromatic N) is 1. The van der Waals surface area contributed by atoms with E-state index in [1.165, 1.54) is 12.1 Å². The maximum Gasteiger partial charge on any atom is 0.471 e. The third-order valence-electron chi connectivity index (χ3n) is 4.27. The van der Waals surface area contributed by atoms with Crippen LogP contribution in [0, 0.1) is 0 Å². The number of benzene rings is 2. The second-order valence-electron chi connectivity index (χ2n) is 6.46. The van der Waals surface area contributed by atoms with Crippen LogP contribution in [-0.4, -0.2) is 35.7 Å². The molecule has 158 valence electrons. The highest BCUT2D eigenvalue weighted by Crippen LogP contribution is 2.30. The van der Waals surface area contributed by atoms with Gasteiger partial charge >= 0.3 is 12.1 Å². The molecule has 2 atom stereocenters. The number of alkyl halides is 3. The first-order valence-corrected chi connectivity index (χ1v) is 9.50. The lowest BCUT2D eigenvalue weighted by molar-refractivity contribution is -0.185. The maximum atomic E-state index is 12.4. The minimum Gasteiger partial charge on any atom is -0.486 e. The molecule has 0 aliphatic carbocycles. The van der Waals surface area contributed by atoms with Crippen LogP contribution >= 0.6 is 23.2 Å². The number of hydrogen-bond acceptors (Lipinski definition) is 3. The summed E-state index contributed by atoms with van der Waals surface area (Å²) in [5.41, 5.74) is 1.21. The molecule has 9 heteroatoms. The predicted octanol–water partition coefficient (Wildman–Crippen LogP) is 5.58. The zero-order valence-corrected chi connectivity index (χ0v) is 17.2. The summed E-state index contributed by atoms with van der Waals surface area (Å²) < 4.78 is 43.3. The lowest BCUT2D eigenvalue weighted by Crippen LogP contribution is -2.40. The fourth-order valence-corrected chi connectivity index (χ4v) is 3.00. The molecule has 29 heavy (non-hydrogen) atoms. The smallest absolute Gasteiger partial charge is 0.471 e. The largest absolute Gasteiger partial charge is 0.486 e. The van der Waals surface area contributed by atoms with E-state index < -0.39 is 24.7 Å². The van der Waals surface area contributed by atoms with E-state index in [1.54, 1.807) is 24.3 Å². The Labute approximate surface area is 176 Å². The van der Waals surface area contributed by atoms with Gasteiger partial charge in [0, 0.05) is 7.05 Å². The molecule has 0 radical (unpaired) electrons. The molecule has 0 aliphatic heterocycles. The van der Waals surface area contributed by atoms with Crippen molar-refractivity contribution in [2.24, 2.45) is 0 Å². The fraction of sp³-hybridized carbons (Fsp3) is 0.350. The Morgan fingerprint density at radius 2 is 1.69 bits per heavy atom. The minimum absolute atomic E-state index is 0.281. The van der Waals surface area contributed by atoms with E-state index in [9.17, 15) is 23.1 Å². The van der Waals surface area contributed by atoms with E-state index in [0.29, 0.717) is 32.7 Å². The van der Waals surface area contributed by atoms with Gasteiger partial charge in [0.1, 0.15) is 11.9 Å². The van der Waals surface area contributed by atoms with Crippen molar-refractivity contribution in [1.82, 2.24) is 4.90 Å². The van der Waals surface area contributed by atoms with Gasteiger partial charge in [-0.05, 0) is 41.8 Å². The lowest BCUT2D eigenvalue weighted by Gasteiger charge is -2.22. The molecule has 0 saturated heterocycles. The summed E-state index contributed by atoms with van der Waals surface area (Å²) in [5.74, 6) is -1.50. The number of rotatable bonds is 7. The Hall–Kier alpha value is -1.96. The second-order valence-corrected chi connectivity index (χ2v) is 7.27. The van der Waals surface area contributed by atoms with Crippen molar-refractivity contribution in [2.75, 3.05) is 13.6 Å². The van der Waals surface area contributed by atoms with Gasteiger partial charge in [0.15, 0.2) is 0 Å². The molecule has 0 heterocycles. The van der Waals surface area contributed by atoms with Gasteiger partial charge in [0.25, 0.3) is 0 Å². The topological polar surface area (TPSA) is 49.8 Å². The molecule has 4 nitrogen and oxygen atoms in total.